The summed E-state index contributed by atoms with van der Waals surface area (Å²) in [6, 6.07) is 13.2. The molecule has 6 rings (SSSR count). The molecular formula is C54H65N13O9. The van der Waals surface area contributed by atoms with Crippen molar-refractivity contribution in [1.82, 2.24) is 50.7 Å². The highest BCUT2D eigenvalue weighted by atomic mass is 16.5. The van der Waals surface area contributed by atoms with Crippen LogP contribution >= 0.6 is 0 Å². The zero-order chi connectivity index (χ0) is 54.7. The first-order chi connectivity index (χ1) is 36.5. The molecule has 22 nitrogen and oxygen atoms in total. The first kappa shape index (κ1) is 56.5. The van der Waals surface area contributed by atoms with Gasteiger partial charge in [-0.25, -0.2) is 24.5 Å². The molecule has 5 aromatic rings. The van der Waals surface area contributed by atoms with Gasteiger partial charge in [-0.2, -0.15) is 0 Å². The molecule has 4 heterocycles. The number of hydrogen-bond donors (Lipinski definition) is 7. The first-order valence-electron chi connectivity index (χ1n) is 25.2. The number of nitrogens with zero attached hydrogens (tertiary/aromatic N) is 6. The van der Waals surface area contributed by atoms with Gasteiger partial charge >= 0.3 is 12.1 Å². The number of nitrogens with two attached hydrogens (primary N) is 2. The lowest BCUT2D eigenvalue weighted by Crippen LogP contribution is -2.54. The number of urea groups is 1. The number of anilines is 2. The van der Waals surface area contributed by atoms with Crippen LogP contribution in [0.15, 0.2) is 97.7 Å². The summed E-state index contributed by atoms with van der Waals surface area (Å²) in [4.78, 5) is 120. The van der Waals surface area contributed by atoms with E-state index < -0.39 is 36.0 Å². The van der Waals surface area contributed by atoms with Crippen LogP contribution in [0, 0.1) is 5.92 Å². The number of ether oxygens (including phenoxy) is 1. The van der Waals surface area contributed by atoms with Crippen LogP contribution in [-0.2, 0) is 48.2 Å². The fourth-order valence-electron chi connectivity index (χ4n) is 8.21. The van der Waals surface area contributed by atoms with Crippen LogP contribution in [0.25, 0.3) is 16.9 Å². The third-order valence-electron chi connectivity index (χ3n) is 12.3. The summed E-state index contributed by atoms with van der Waals surface area (Å²) >= 11 is 0. The molecular weight excluding hydrogens is 975 g/mol. The highest BCUT2D eigenvalue weighted by Gasteiger charge is 2.29. The maximum Gasteiger partial charge on any atom is 0.407 e. The van der Waals surface area contributed by atoms with Crippen molar-refractivity contribution in [3.05, 3.63) is 126 Å². The van der Waals surface area contributed by atoms with Crippen LogP contribution in [-0.4, -0.2) is 109 Å². The van der Waals surface area contributed by atoms with Crippen molar-refractivity contribution in [2.75, 3.05) is 30.7 Å². The zero-order valence-corrected chi connectivity index (χ0v) is 43.0. The topological polar surface area (TPSA) is 318 Å². The molecule has 76 heavy (non-hydrogen) atoms. The number of hydrogen-bond acceptors (Lipinski definition) is 14. The van der Waals surface area contributed by atoms with E-state index in [9.17, 15) is 38.4 Å². The summed E-state index contributed by atoms with van der Waals surface area (Å²) in [6.45, 7) is 8.26. The number of unbranched alkanes of at least 4 members (excludes halogenated alkanes) is 2. The minimum Gasteiger partial charge on any atom is -0.445 e. The first-order valence-corrected chi connectivity index (χ1v) is 25.2. The van der Waals surface area contributed by atoms with Crippen LogP contribution in [0.4, 0.5) is 21.1 Å². The Morgan fingerprint density at radius 3 is 2.18 bits per heavy atom. The van der Waals surface area contributed by atoms with Crippen molar-refractivity contribution >= 4 is 58.9 Å². The van der Waals surface area contributed by atoms with E-state index >= 15 is 0 Å². The van der Waals surface area contributed by atoms with E-state index in [1.165, 1.54) is 18.3 Å². The lowest BCUT2D eigenvalue weighted by atomic mass is 10.0. The van der Waals surface area contributed by atoms with Crippen molar-refractivity contribution < 1.29 is 43.1 Å². The summed E-state index contributed by atoms with van der Waals surface area (Å²) in [5, 5.41) is 13.5. The van der Waals surface area contributed by atoms with Gasteiger partial charge in [0, 0.05) is 92.1 Å². The third-order valence-corrected chi connectivity index (χ3v) is 12.3. The fourth-order valence-corrected chi connectivity index (χ4v) is 8.21. The number of amides is 8. The molecule has 0 spiro atoms. The predicted octanol–water partition coefficient (Wildman–Crippen LogP) is 4.82. The Balaban J connectivity index is 0.942. The number of pyridine rings is 1. The SMILES string of the molecule is CC(C)c1nccn1-c1ccncc1CC(=O)c1nc(-c2ccc(CCNC(=O)OCc3ccc(NC(=O)[C@H](CCCNC(N)=O)NC(=O)[C@@H](NC(=O)CCCCCN4C(=O)C=CC4=O)C(C)C)cc3)cc2)cnc1N. The van der Waals surface area contributed by atoms with E-state index in [4.69, 9.17) is 16.2 Å². The maximum atomic E-state index is 13.6. The van der Waals surface area contributed by atoms with Crippen molar-refractivity contribution in [3.8, 4) is 16.9 Å². The molecule has 22 heteroatoms. The molecule has 1 aliphatic heterocycles. The molecule has 2 atom stereocenters. The molecule has 2 aromatic carbocycles. The van der Waals surface area contributed by atoms with Gasteiger partial charge < -0.3 is 47.4 Å². The number of nitrogens with one attached hydrogen (secondary N) is 5. The molecule has 0 saturated heterocycles. The number of nitrogen functional groups attached to an aromatic ring is 1. The second-order valence-corrected chi connectivity index (χ2v) is 18.8. The second-order valence-electron chi connectivity index (χ2n) is 18.8. The fraction of sp³-hybridized carbons (Fsp3) is 0.370. The van der Waals surface area contributed by atoms with Gasteiger partial charge in [0.15, 0.2) is 11.6 Å². The van der Waals surface area contributed by atoms with E-state index in [2.05, 4.69) is 46.5 Å². The van der Waals surface area contributed by atoms with Crippen LogP contribution < -0.4 is 38.1 Å². The summed E-state index contributed by atoms with van der Waals surface area (Å²) in [7, 11) is 0. The van der Waals surface area contributed by atoms with Gasteiger partial charge in [-0.1, -0.05) is 70.5 Å². The smallest absolute Gasteiger partial charge is 0.407 e. The van der Waals surface area contributed by atoms with E-state index in [0.29, 0.717) is 54.6 Å². The highest BCUT2D eigenvalue weighted by Crippen LogP contribution is 2.24. The van der Waals surface area contributed by atoms with Gasteiger partial charge in [0.2, 0.25) is 17.7 Å². The van der Waals surface area contributed by atoms with Crippen LogP contribution in [0.5, 0.6) is 0 Å². The van der Waals surface area contributed by atoms with Crippen LogP contribution in [0.1, 0.15) is 105 Å². The van der Waals surface area contributed by atoms with E-state index in [1.807, 2.05) is 54.9 Å². The molecule has 0 saturated carbocycles. The van der Waals surface area contributed by atoms with Crippen molar-refractivity contribution in [2.45, 2.75) is 104 Å². The van der Waals surface area contributed by atoms with Gasteiger partial charge in [-0.15, -0.1) is 0 Å². The predicted molar refractivity (Wildman–Crippen MR) is 282 cm³/mol. The standard InChI is InChI=1S/C54H65N13O9/c1-33(2)47(65-44(69)10-6-5-7-27-67-45(70)19-20-46(67)71)52(73)64-40(9-8-23-59-53(56)74)51(72)62-39-17-13-36(14-18-39)32-76-54(75)60-25-21-35-11-15-37(16-12-35)41-31-61-49(55)48(63-41)43(68)29-38-30-57-24-22-42(38)66-28-26-58-50(66)34(3)4/h11-20,22,24,26,28,30-31,33-34,40,47H,5-10,21,23,25,27,29,32H2,1-4H3,(H2,55,61)(H,60,75)(H,62,72)(H,64,73)(H,65,69)(H3,56,59,74)/t40-,47-/m0/s1. The number of primary amides is 1. The normalized spacial score (nSPS) is 12.8. The lowest BCUT2D eigenvalue weighted by molar-refractivity contribution is -0.137. The van der Waals surface area contributed by atoms with E-state index in [0.717, 1.165) is 27.5 Å². The largest absolute Gasteiger partial charge is 0.445 e. The molecule has 0 radical (unpaired) electrons. The van der Waals surface area contributed by atoms with E-state index in [1.54, 1.807) is 56.7 Å². The molecule has 9 N–H and O–H groups in total. The van der Waals surface area contributed by atoms with Gasteiger partial charge in [0.25, 0.3) is 11.8 Å². The van der Waals surface area contributed by atoms with E-state index in [-0.39, 0.29) is 92.4 Å². The summed E-state index contributed by atoms with van der Waals surface area (Å²) in [6.07, 6.45) is 12.9. The highest BCUT2D eigenvalue weighted by molar-refractivity contribution is 6.12. The van der Waals surface area contributed by atoms with Crippen molar-refractivity contribution in [3.63, 3.8) is 0 Å². The number of carbonyl (C=O) groups excluding carboxylic acids is 8. The van der Waals surface area contributed by atoms with Crippen molar-refractivity contribution in [2.24, 2.45) is 11.7 Å². The van der Waals surface area contributed by atoms with Gasteiger partial charge in [-0.3, -0.25) is 38.7 Å². The molecule has 0 bridgehead atoms. The monoisotopic (exact) mass is 1040 g/mol. The van der Waals surface area contributed by atoms with Crippen molar-refractivity contribution in [1.29, 1.82) is 0 Å². The van der Waals surface area contributed by atoms with Gasteiger partial charge in [0.05, 0.1) is 17.6 Å². The maximum absolute atomic E-state index is 13.6. The summed E-state index contributed by atoms with van der Waals surface area (Å²) in [5.41, 5.74) is 16.1. The number of imidazole rings is 1. The Bertz CT molecular complexity index is 2880. The number of aromatic nitrogens is 5. The quantitative estimate of drug-likeness (QED) is 0.0211. The average Bonchev–Trinajstić information content (AvgIpc) is 4.02. The molecule has 0 fully saturated rings. The number of benzene rings is 2. The van der Waals surface area contributed by atoms with Gasteiger partial charge in [0.1, 0.15) is 30.2 Å². The third kappa shape index (κ3) is 16.3. The zero-order valence-electron chi connectivity index (χ0n) is 43.0. The number of alkyl carbamates (subject to hydrolysis) is 1. The van der Waals surface area contributed by atoms with Crippen LogP contribution in [0.2, 0.25) is 0 Å². The number of ketones is 1. The Morgan fingerprint density at radius 1 is 0.763 bits per heavy atom. The molecule has 0 aliphatic carbocycles. The Labute approximate surface area is 440 Å². The van der Waals surface area contributed by atoms with Gasteiger partial charge in [-0.05, 0) is 67.3 Å². The number of Topliss-reactive ketones (excluding diaryl/α,β-unsaturated/α-hetero) is 1. The minimum atomic E-state index is -1.05. The Hall–Kier alpha value is -8.82. The number of carbonyl (C=O) groups is 8. The molecule has 3 aromatic heterocycles. The Kier molecular flexibility index (Phi) is 20.4. The number of imide groups is 1. The summed E-state index contributed by atoms with van der Waals surface area (Å²) in [5.74, 6) is -1.79. The average molecular weight is 1040 g/mol. The molecule has 8 amide bonds. The Morgan fingerprint density at radius 2 is 1.49 bits per heavy atom. The number of rotatable bonds is 27. The lowest BCUT2D eigenvalue weighted by Gasteiger charge is -2.25. The second kappa shape index (κ2) is 27.5. The molecule has 0 unspecified atom stereocenters. The summed E-state index contributed by atoms with van der Waals surface area (Å²) < 4.78 is 7.37. The molecule has 1 aliphatic rings. The van der Waals surface area contributed by atoms with Crippen LogP contribution in [0.3, 0.4) is 0 Å². The minimum absolute atomic E-state index is 0.000500. The molecule has 400 valence electrons.